The molecule has 0 saturated heterocycles. The van der Waals surface area contributed by atoms with Crippen LogP contribution in [0.1, 0.15) is 47.5 Å². The first kappa shape index (κ1) is 15.7. The quantitative estimate of drug-likeness (QED) is 0.542. The van der Waals surface area contributed by atoms with E-state index in [1.807, 2.05) is 19.9 Å². The van der Waals surface area contributed by atoms with Crippen molar-refractivity contribution in [2.24, 2.45) is 5.92 Å². The molecule has 0 heteroatoms. The minimum absolute atomic E-state index is 0. The third-order valence-corrected chi connectivity index (χ3v) is 2.35. The lowest BCUT2D eigenvalue weighted by Crippen LogP contribution is -2.07. The molecule has 0 bridgehead atoms. The fraction of sp³-hybridized carbons (Fsp3) is 0.571. The van der Waals surface area contributed by atoms with Crippen molar-refractivity contribution < 1.29 is 0 Å². The van der Waals surface area contributed by atoms with Crippen molar-refractivity contribution in [2.75, 3.05) is 0 Å². The molecular formula is C14H26. The second-order valence-electron chi connectivity index (χ2n) is 3.25. The Labute approximate surface area is 90.4 Å². The van der Waals surface area contributed by atoms with E-state index in [9.17, 15) is 0 Å². The van der Waals surface area contributed by atoms with Crippen LogP contribution in [0.3, 0.4) is 0 Å². The van der Waals surface area contributed by atoms with E-state index in [-0.39, 0.29) is 7.43 Å². The fourth-order valence-corrected chi connectivity index (χ4v) is 1.68. The number of hydrogen-bond donors (Lipinski definition) is 0. The van der Waals surface area contributed by atoms with Crippen LogP contribution in [-0.4, -0.2) is 0 Å². The van der Waals surface area contributed by atoms with Gasteiger partial charge in [0.1, 0.15) is 0 Å². The maximum absolute atomic E-state index is 4.05. The Bertz CT molecular complexity index is 196. The first-order chi connectivity index (χ1) is 6.25. The molecule has 0 aromatic carbocycles. The summed E-state index contributed by atoms with van der Waals surface area (Å²) in [7, 11) is 0. The van der Waals surface area contributed by atoms with E-state index in [4.69, 9.17) is 0 Å². The zero-order valence-corrected chi connectivity index (χ0v) is 9.27. The largest absolute Gasteiger partial charge is 0.0991 e. The van der Waals surface area contributed by atoms with Crippen LogP contribution in [-0.2, 0) is 0 Å². The van der Waals surface area contributed by atoms with E-state index >= 15 is 0 Å². The summed E-state index contributed by atoms with van der Waals surface area (Å²) in [4.78, 5) is 0. The molecule has 0 nitrogen and oxygen atoms in total. The van der Waals surface area contributed by atoms with Crippen LogP contribution in [0.25, 0.3) is 0 Å². The fourth-order valence-electron chi connectivity index (χ4n) is 1.68. The highest BCUT2D eigenvalue weighted by atomic mass is 14.2. The third-order valence-electron chi connectivity index (χ3n) is 2.35. The van der Waals surface area contributed by atoms with Crippen LogP contribution in [0.5, 0.6) is 0 Å². The molecule has 0 radical (unpaired) electrons. The summed E-state index contributed by atoms with van der Waals surface area (Å²) in [5.41, 5.74) is 2.72. The molecule has 1 aliphatic rings. The molecule has 1 unspecified atom stereocenters. The van der Waals surface area contributed by atoms with Gasteiger partial charge in [-0.05, 0) is 30.8 Å². The molecule has 82 valence electrons. The zero-order chi connectivity index (χ0) is 10.3. The van der Waals surface area contributed by atoms with Gasteiger partial charge in [-0.15, -0.1) is 0 Å². The molecule has 1 atom stereocenters. The van der Waals surface area contributed by atoms with Crippen molar-refractivity contribution in [3.05, 3.63) is 36.5 Å². The van der Waals surface area contributed by atoms with Crippen molar-refractivity contribution in [3.63, 3.8) is 0 Å². The molecule has 0 spiro atoms. The second-order valence-corrected chi connectivity index (χ2v) is 3.25. The van der Waals surface area contributed by atoms with Gasteiger partial charge < -0.3 is 0 Å². The van der Waals surface area contributed by atoms with E-state index in [0.29, 0.717) is 5.92 Å². The van der Waals surface area contributed by atoms with Crippen molar-refractivity contribution in [3.8, 4) is 0 Å². The van der Waals surface area contributed by atoms with Gasteiger partial charge in [-0.2, -0.15) is 0 Å². The molecule has 0 aromatic heterocycles. The van der Waals surface area contributed by atoms with E-state index in [2.05, 4.69) is 26.2 Å². The predicted molar refractivity (Wildman–Crippen MR) is 68.5 cm³/mol. The van der Waals surface area contributed by atoms with Crippen molar-refractivity contribution in [1.82, 2.24) is 0 Å². The van der Waals surface area contributed by atoms with Crippen LogP contribution in [0.4, 0.5) is 0 Å². The lowest BCUT2D eigenvalue weighted by molar-refractivity contribution is 0.540. The van der Waals surface area contributed by atoms with Gasteiger partial charge in [0.25, 0.3) is 0 Å². The number of rotatable bonds is 1. The molecule has 1 saturated carbocycles. The maximum atomic E-state index is 4.05. The monoisotopic (exact) mass is 194 g/mol. The van der Waals surface area contributed by atoms with Crippen molar-refractivity contribution in [1.29, 1.82) is 0 Å². The van der Waals surface area contributed by atoms with Gasteiger partial charge in [0.15, 0.2) is 0 Å². The van der Waals surface area contributed by atoms with Crippen molar-refractivity contribution in [2.45, 2.75) is 47.5 Å². The number of hydrogen-bond acceptors (Lipinski definition) is 0. The first-order valence-corrected chi connectivity index (χ1v) is 5.26. The summed E-state index contributed by atoms with van der Waals surface area (Å²) in [6.07, 6.45) is 7.74. The summed E-state index contributed by atoms with van der Waals surface area (Å²) in [5.74, 6) is 0.689. The smallest absolute Gasteiger partial charge is 0.0188 e. The Balaban J connectivity index is 0. The average molecular weight is 194 g/mol. The second kappa shape index (κ2) is 8.80. The Morgan fingerprint density at radius 2 is 1.93 bits per heavy atom. The summed E-state index contributed by atoms with van der Waals surface area (Å²) < 4.78 is 0. The molecule has 14 heavy (non-hydrogen) atoms. The Hall–Kier alpha value is -0.780. The summed E-state index contributed by atoms with van der Waals surface area (Å²) in [6.45, 7) is 14.0. The van der Waals surface area contributed by atoms with Crippen LogP contribution in [0.2, 0.25) is 0 Å². The van der Waals surface area contributed by atoms with Gasteiger partial charge in [-0.1, -0.05) is 59.1 Å². The first-order valence-electron chi connectivity index (χ1n) is 5.26. The molecule has 0 heterocycles. The lowest BCUT2D eigenvalue weighted by atomic mass is 9.82. The minimum Gasteiger partial charge on any atom is -0.0991 e. The van der Waals surface area contributed by atoms with Crippen LogP contribution in [0.15, 0.2) is 36.5 Å². The Morgan fingerprint density at radius 3 is 2.36 bits per heavy atom. The van der Waals surface area contributed by atoms with Crippen LogP contribution < -0.4 is 0 Å². The molecule has 0 N–H and O–H groups in total. The van der Waals surface area contributed by atoms with E-state index in [1.54, 1.807) is 0 Å². The molecule has 1 rings (SSSR count). The van der Waals surface area contributed by atoms with Crippen LogP contribution >= 0.6 is 0 Å². The molecule has 1 aliphatic carbocycles. The summed E-state index contributed by atoms with van der Waals surface area (Å²) in [5, 5.41) is 0. The zero-order valence-electron chi connectivity index (χ0n) is 9.27. The standard InChI is InChI=1S/C11H16.C2H6.CH4/c1-4-6-11-9(2)7-5-8-10(11)3;1-2;/h4,6,10H,1-2,5,7-8H2,3H3;1-2H3;1H4/b11-6+;;. The summed E-state index contributed by atoms with van der Waals surface area (Å²) >= 11 is 0. The molecular weight excluding hydrogens is 168 g/mol. The Morgan fingerprint density at radius 1 is 1.36 bits per heavy atom. The SMILES string of the molecule is C.C=C/C=C1\C(=C)CCCC1C.CC. The topological polar surface area (TPSA) is 0 Å². The molecule has 0 aliphatic heterocycles. The predicted octanol–water partition coefficient (Wildman–Crippen LogP) is 5.14. The van der Waals surface area contributed by atoms with Crippen LogP contribution in [0, 0.1) is 5.92 Å². The molecule has 0 aromatic rings. The number of allylic oxidation sites excluding steroid dienone is 4. The van der Waals surface area contributed by atoms with Gasteiger partial charge >= 0.3 is 0 Å². The third kappa shape index (κ3) is 4.45. The highest BCUT2D eigenvalue weighted by molar-refractivity contribution is 5.34. The van der Waals surface area contributed by atoms with Gasteiger partial charge in [0, 0.05) is 0 Å². The van der Waals surface area contributed by atoms with Gasteiger partial charge in [0.05, 0.1) is 0 Å². The maximum Gasteiger partial charge on any atom is -0.0188 e. The van der Waals surface area contributed by atoms with Gasteiger partial charge in [-0.25, -0.2) is 0 Å². The highest BCUT2D eigenvalue weighted by Gasteiger charge is 2.16. The van der Waals surface area contributed by atoms with Gasteiger partial charge in [0.2, 0.25) is 0 Å². The Kier molecular flexibility index (Phi) is 9.86. The van der Waals surface area contributed by atoms with E-state index in [1.165, 1.54) is 30.4 Å². The summed E-state index contributed by atoms with van der Waals surface area (Å²) in [6, 6.07) is 0. The van der Waals surface area contributed by atoms with E-state index < -0.39 is 0 Å². The lowest BCUT2D eigenvalue weighted by Gasteiger charge is -2.23. The molecule has 1 fully saturated rings. The van der Waals surface area contributed by atoms with Gasteiger partial charge in [-0.3, -0.25) is 0 Å². The normalized spacial score (nSPS) is 23.2. The minimum atomic E-state index is 0. The highest BCUT2D eigenvalue weighted by Crippen LogP contribution is 2.32. The van der Waals surface area contributed by atoms with E-state index in [0.717, 1.165) is 0 Å². The average Bonchev–Trinajstić information content (AvgIpc) is 2.15. The molecule has 0 amide bonds. The van der Waals surface area contributed by atoms with Crippen molar-refractivity contribution >= 4 is 0 Å².